The van der Waals surface area contributed by atoms with Crippen LogP contribution < -0.4 is 9.47 Å². The lowest BCUT2D eigenvalue weighted by Crippen LogP contribution is -2.09. The number of methoxy groups -OCH3 is 1. The Morgan fingerprint density at radius 2 is 2.10 bits per heavy atom. The van der Waals surface area contributed by atoms with E-state index in [1.165, 1.54) is 25.4 Å². The van der Waals surface area contributed by atoms with Gasteiger partial charge in [-0.1, -0.05) is 0 Å². The van der Waals surface area contributed by atoms with E-state index in [2.05, 4.69) is 20.9 Å². The molecule has 2 rings (SSSR count). The second-order valence-electron chi connectivity index (χ2n) is 3.83. The molecule has 21 heavy (non-hydrogen) atoms. The van der Waals surface area contributed by atoms with Crippen molar-refractivity contribution in [3.63, 3.8) is 0 Å². The van der Waals surface area contributed by atoms with Gasteiger partial charge in [0.1, 0.15) is 4.60 Å². The summed E-state index contributed by atoms with van der Waals surface area (Å²) in [5, 5.41) is 10.9. The second kappa shape index (κ2) is 6.31. The van der Waals surface area contributed by atoms with Gasteiger partial charge >= 0.3 is 11.7 Å². The summed E-state index contributed by atoms with van der Waals surface area (Å²) in [5.74, 6) is -0.436. The van der Waals surface area contributed by atoms with E-state index in [0.29, 0.717) is 4.60 Å². The van der Waals surface area contributed by atoms with Gasteiger partial charge in [-0.3, -0.25) is 10.1 Å². The molecule has 108 valence electrons. The molecule has 8 heteroatoms. The number of ether oxygens (including phenoxy) is 2. The van der Waals surface area contributed by atoms with E-state index in [-0.39, 0.29) is 22.7 Å². The average molecular weight is 353 g/mol. The number of nitro benzene ring substituents is 1. The standard InChI is InChI=1S/C13H9BrN2O5/c1-20-10-5-4-8(7-9(10)16(18)19)13(17)21-11-3-2-6-15-12(11)14/h2-7H,1H3. The highest BCUT2D eigenvalue weighted by Crippen LogP contribution is 2.28. The molecule has 0 atom stereocenters. The molecule has 0 aliphatic heterocycles. The van der Waals surface area contributed by atoms with Crippen molar-refractivity contribution in [2.45, 2.75) is 0 Å². The molecular formula is C13H9BrN2O5. The average Bonchev–Trinajstić information content (AvgIpc) is 2.48. The molecule has 0 amide bonds. The Kier molecular flexibility index (Phi) is 4.49. The minimum absolute atomic E-state index is 0.0400. The fourth-order valence-corrected chi connectivity index (χ4v) is 1.90. The van der Waals surface area contributed by atoms with E-state index in [4.69, 9.17) is 9.47 Å². The fourth-order valence-electron chi connectivity index (χ4n) is 1.57. The summed E-state index contributed by atoms with van der Waals surface area (Å²) >= 11 is 3.14. The molecule has 0 fully saturated rings. The lowest BCUT2D eigenvalue weighted by Gasteiger charge is -2.06. The van der Waals surface area contributed by atoms with E-state index in [1.54, 1.807) is 12.1 Å². The molecule has 1 aromatic heterocycles. The SMILES string of the molecule is COc1ccc(C(=O)Oc2cccnc2Br)cc1[N+](=O)[O-]. The number of hydrogen-bond donors (Lipinski definition) is 0. The third kappa shape index (κ3) is 3.34. The van der Waals surface area contributed by atoms with Crippen LogP contribution in [0.1, 0.15) is 10.4 Å². The summed E-state index contributed by atoms with van der Waals surface area (Å²) in [6.07, 6.45) is 1.53. The molecule has 1 heterocycles. The molecule has 0 spiro atoms. The van der Waals surface area contributed by atoms with Crippen LogP contribution in [0.15, 0.2) is 41.1 Å². The van der Waals surface area contributed by atoms with Crippen LogP contribution in [0.5, 0.6) is 11.5 Å². The van der Waals surface area contributed by atoms with Gasteiger partial charge in [0, 0.05) is 12.3 Å². The van der Waals surface area contributed by atoms with Crippen molar-refractivity contribution in [2.75, 3.05) is 7.11 Å². The lowest BCUT2D eigenvalue weighted by atomic mass is 10.2. The van der Waals surface area contributed by atoms with Crippen molar-refractivity contribution < 1.29 is 19.2 Å². The molecule has 0 saturated carbocycles. The summed E-state index contributed by atoms with van der Waals surface area (Å²) in [6.45, 7) is 0. The topological polar surface area (TPSA) is 91.6 Å². The van der Waals surface area contributed by atoms with Crippen LogP contribution in [0.2, 0.25) is 0 Å². The number of esters is 1. The maximum atomic E-state index is 12.0. The first-order chi connectivity index (χ1) is 10.0. The van der Waals surface area contributed by atoms with Gasteiger partial charge in [0.15, 0.2) is 11.5 Å². The van der Waals surface area contributed by atoms with Crippen molar-refractivity contribution in [3.8, 4) is 11.5 Å². The van der Waals surface area contributed by atoms with E-state index < -0.39 is 10.9 Å². The molecule has 7 nitrogen and oxygen atoms in total. The predicted molar refractivity (Wildman–Crippen MR) is 76.5 cm³/mol. The largest absolute Gasteiger partial charge is 0.490 e. The number of aromatic nitrogens is 1. The van der Waals surface area contributed by atoms with Crippen LogP contribution in [0, 0.1) is 10.1 Å². The summed E-state index contributed by atoms with van der Waals surface area (Å²) < 4.78 is 10.4. The number of halogens is 1. The molecule has 0 saturated heterocycles. The first kappa shape index (κ1) is 14.9. The van der Waals surface area contributed by atoms with Gasteiger partial charge in [-0.2, -0.15) is 0 Å². The van der Waals surface area contributed by atoms with E-state index >= 15 is 0 Å². The molecule has 0 N–H and O–H groups in total. The van der Waals surface area contributed by atoms with Gasteiger partial charge in [0.05, 0.1) is 17.6 Å². The highest BCUT2D eigenvalue weighted by molar-refractivity contribution is 9.10. The Hall–Kier alpha value is -2.48. The van der Waals surface area contributed by atoms with Crippen LogP contribution in [0.3, 0.4) is 0 Å². The smallest absolute Gasteiger partial charge is 0.343 e. The fraction of sp³-hybridized carbons (Fsp3) is 0.0769. The minimum Gasteiger partial charge on any atom is -0.490 e. The number of carbonyl (C=O) groups is 1. The number of carbonyl (C=O) groups excluding carboxylic acids is 1. The number of rotatable bonds is 4. The van der Waals surface area contributed by atoms with Crippen molar-refractivity contribution in [1.29, 1.82) is 0 Å². The molecule has 0 unspecified atom stereocenters. The van der Waals surface area contributed by atoms with Crippen molar-refractivity contribution in [1.82, 2.24) is 4.98 Å². The van der Waals surface area contributed by atoms with Gasteiger partial charge in [0.2, 0.25) is 0 Å². The molecule has 0 radical (unpaired) electrons. The lowest BCUT2D eigenvalue weighted by molar-refractivity contribution is -0.385. The first-order valence-electron chi connectivity index (χ1n) is 5.68. The summed E-state index contributed by atoms with van der Waals surface area (Å²) in [7, 11) is 1.31. The summed E-state index contributed by atoms with van der Waals surface area (Å²) in [5.41, 5.74) is -0.268. The zero-order valence-corrected chi connectivity index (χ0v) is 12.4. The van der Waals surface area contributed by atoms with Crippen LogP contribution in [-0.4, -0.2) is 23.0 Å². The number of nitrogens with zero attached hydrogens (tertiary/aromatic N) is 2. The highest BCUT2D eigenvalue weighted by atomic mass is 79.9. The Labute approximate surface area is 127 Å². The van der Waals surface area contributed by atoms with E-state index in [1.807, 2.05) is 0 Å². The zero-order chi connectivity index (χ0) is 15.4. The van der Waals surface area contributed by atoms with E-state index in [9.17, 15) is 14.9 Å². The maximum Gasteiger partial charge on any atom is 0.343 e. The van der Waals surface area contributed by atoms with Crippen molar-refractivity contribution in [2.24, 2.45) is 0 Å². The number of hydrogen-bond acceptors (Lipinski definition) is 6. The molecule has 0 aliphatic rings. The highest BCUT2D eigenvalue weighted by Gasteiger charge is 2.19. The molecular weight excluding hydrogens is 344 g/mol. The van der Waals surface area contributed by atoms with Gasteiger partial charge in [-0.25, -0.2) is 9.78 Å². The Balaban J connectivity index is 2.30. The Bertz CT molecular complexity index is 705. The molecule has 0 bridgehead atoms. The summed E-state index contributed by atoms with van der Waals surface area (Å²) in [4.78, 5) is 26.2. The monoisotopic (exact) mass is 352 g/mol. The van der Waals surface area contributed by atoms with Gasteiger partial charge < -0.3 is 9.47 Å². The third-order valence-electron chi connectivity index (χ3n) is 2.54. The second-order valence-corrected chi connectivity index (χ2v) is 4.58. The van der Waals surface area contributed by atoms with Gasteiger partial charge in [-0.15, -0.1) is 0 Å². The maximum absolute atomic E-state index is 12.0. The minimum atomic E-state index is -0.727. The van der Waals surface area contributed by atoms with Crippen LogP contribution in [-0.2, 0) is 0 Å². The Morgan fingerprint density at radius 1 is 1.33 bits per heavy atom. The van der Waals surface area contributed by atoms with Crippen LogP contribution in [0.4, 0.5) is 5.69 Å². The van der Waals surface area contributed by atoms with Crippen molar-refractivity contribution in [3.05, 3.63) is 56.8 Å². The predicted octanol–water partition coefficient (Wildman–Crippen LogP) is 2.98. The van der Waals surface area contributed by atoms with Crippen molar-refractivity contribution >= 4 is 27.6 Å². The Morgan fingerprint density at radius 3 is 2.71 bits per heavy atom. The molecule has 0 aliphatic carbocycles. The number of nitro groups is 1. The quantitative estimate of drug-likeness (QED) is 0.363. The third-order valence-corrected chi connectivity index (χ3v) is 3.13. The van der Waals surface area contributed by atoms with Gasteiger partial charge in [0.25, 0.3) is 0 Å². The zero-order valence-electron chi connectivity index (χ0n) is 10.8. The van der Waals surface area contributed by atoms with Crippen LogP contribution in [0.25, 0.3) is 0 Å². The first-order valence-corrected chi connectivity index (χ1v) is 6.47. The molecule has 2 aromatic rings. The van der Waals surface area contributed by atoms with E-state index in [0.717, 1.165) is 6.07 Å². The number of pyridine rings is 1. The normalized spacial score (nSPS) is 10.0. The molecule has 1 aromatic carbocycles. The van der Waals surface area contributed by atoms with Gasteiger partial charge in [-0.05, 0) is 40.2 Å². The van der Waals surface area contributed by atoms with Crippen LogP contribution >= 0.6 is 15.9 Å². The summed E-state index contributed by atoms with van der Waals surface area (Å²) in [6, 6.07) is 6.98. The number of benzene rings is 1.